The summed E-state index contributed by atoms with van der Waals surface area (Å²) in [4.78, 5) is 19.9. The molecule has 28 heavy (non-hydrogen) atoms. The highest BCUT2D eigenvalue weighted by Crippen LogP contribution is 2.36. The second kappa shape index (κ2) is 6.95. The van der Waals surface area contributed by atoms with Gasteiger partial charge in [0, 0.05) is 19.3 Å². The van der Waals surface area contributed by atoms with Crippen LogP contribution in [0.2, 0.25) is 0 Å². The van der Waals surface area contributed by atoms with Gasteiger partial charge < -0.3 is 16.0 Å². The number of carbonyl (C=O) groups is 1. The number of alkyl halides is 3. The van der Waals surface area contributed by atoms with Crippen LogP contribution >= 0.6 is 0 Å². The molecule has 1 aliphatic carbocycles. The summed E-state index contributed by atoms with van der Waals surface area (Å²) < 4.78 is 41.1. The van der Waals surface area contributed by atoms with Gasteiger partial charge in [-0.2, -0.15) is 23.3 Å². The summed E-state index contributed by atoms with van der Waals surface area (Å²) >= 11 is 0. The van der Waals surface area contributed by atoms with Crippen molar-refractivity contribution in [1.82, 2.24) is 25.1 Å². The smallest absolute Gasteiger partial charge is 0.367 e. The molecule has 11 heteroatoms. The van der Waals surface area contributed by atoms with E-state index in [0.717, 1.165) is 19.0 Å². The lowest BCUT2D eigenvalue weighted by Gasteiger charge is -2.23. The van der Waals surface area contributed by atoms with Gasteiger partial charge in [-0.25, -0.2) is 4.98 Å². The van der Waals surface area contributed by atoms with Crippen molar-refractivity contribution in [3.63, 3.8) is 0 Å². The third-order valence-corrected chi connectivity index (χ3v) is 4.51. The number of nitrogens with one attached hydrogen (secondary N) is 3. The standard InChI is InChI=1S/C17H22F3N7O/c1-9-12(8-27(26-9)16(2,3)14(28)21-4)24-15-22-7-11(17(18,19)20)13(25-15)23-10-5-6-10/h7-8,10H,5-6H2,1-4H3,(H,21,28)(H2,22,23,24,25). The summed E-state index contributed by atoms with van der Waals surface area (Å²) in [6, 6.07) is 0.00157. The average molecular weight is 397 g/mol. The maximum Gasteiger partial charge on any atom is 0.421 e. The van der Waals surface area contributed by atoms with E-state index in [1.807, 2.05) is 0 Å². The number of nitrogens with zero attached hydrogens (tertiary/aromatic N) is 4. The highest BCUT2D eigenvalue weighted by molar-refractivity contribution is 5.83. The molecule has 8 nitrogen and oxygen atoms in total. The van der Waals surface area contributed by atoms with Gasteiger partial charge in [0.05, 0.1) is 17.6 Å². The van der Waals surface area contributed by atoms with Gasteiger partial charge in [-0.05, 0) is 33.6 Å². The van der Waals surface area contributed by atoms with Crippen LogP contribution in [0.3, 0.4) is 0 Å². The van der Waals surface area contributed by atoms with Crippen LogP contribution in [0.15, 0.2) is 12.4 Å². The second-order valence-electron chi connectivity index (χ2n) is 7.21. The molecule has 2 aromatic rings. The summed E-state index contributed by atoms with van der Waals surface area (Å²) in [5.74, 6) is -0.469. The maximum atomic E-state index is 13.2. The van der Waals surface area contributed by atoms with Crippen molar-refractivity contribution in [1.29, 1.82) is 0 Å². The minimum atomic E-state index is -4.55. The molecule has 1 aliphatic rings. The van der Waals surface area contributed by atoms with Crippen molar-refractivity contribution in [3.05, 3.63) is 23.7 Å². The minimum Gasteiger partial charge on any atom is -0.367 e. The molecule has 0 spiro atoms. The molecule has 0 unspecified atom stereocenters. The van der Waals surface area contributed by atoms with E-state index in [4.69, 9.17) is 0 Å². The first-order valence-electron chi connectivity index (χ1n) is 8.79. The molecule has 152 valence electrons. The van der Waals surface area contributed by atoms with Crippen molar-refractivity contribution in [2.75, 3.05) is 17.7 Å². The van der Waals surface area contributed by atoms with Gasteiger partial charge in [0.1, 0.15) is 16.9 Å². The predicted molar refractivity (Wildman–Crippen MR) is 97.3 cm³/mol. The Morgan fingerprint density at radius 3 is 2.54 bits per heavy atom. The molecule has 2 aromatic heterocycles. The van der Waals surface area contributed by atoms with Crippen LogP contribution in [0, 0.1) is 6.92 Å². The van der Waals surface area contributed by atoms with E-state index < -0.39 is 17.3 Å². The van der Waals surface area contributed by atoms with Gasteiger partial charge in [0.25, 0.3) is 0 Å². The van der Waals surface area contributed by atoms with Crippen LogP contribution in [0.5, 0.6) is 0 Å². The second-order valence-corrected chi connectivity index (χ2v) is 7.21. The molecule has 1 amide bonds. The van der Waals surface area contributed by atoms with Gasteiger partial charge in [-0.3, -0.25) is 9.48 Å². The first kappa shape index (κ1) is 19.9. The number of hydrogen-bond donors (Lipinski definition) is 3. The summed E-state index contributed by atoms with van der Waals surface area (Å²) in [5, 5.41) is 12.6. The van der Waals surface area contributed by atoms with Crippen LogP contribution in [0.25, 0.3) is 0 Å². The highest BCUT2D eigenvalue weighted by Gasteiger charge is 2.37. The van der Waals surface area contributed by atoms with Gasteiger partial charge in [-0.1, -0.05) is 0 Å². The lowest BCUT2D eigenvalue weighted by molar-refractivity contribution is -0.137. The Bertz CT molecular complexity index is 887. The van der Waals surface area contributed by atoms with Crippen LogP contribution in [-0.4, -0.2) is 38.7 Å². The Morgan fingerprint density at radius 2 is 1.96 bits per heavy atom. The Balaban J connectivity index is 1.88. The number of likely N-dealkylation sites (N-methyl/N-ethyl adjacent to an activating group) is 1. The molecule has 3 rings (SSSR count). The van der Waals surface area contributed by atoms with Gasteiger partial charge in [0.2, 0.25) is 11.9 Å². The molecule has 0 aliphatic heterocycles. The average Bonchev–Trinajstić information content (AvgIpc) is 3.35. The molecule has 0 aromatic carbocycles. The Morgan fingerprint density at radius 1 is 1.29 bits per heavy atom. The molecule has 0 radical (unpaired) electrons. The number of carbonyl (C=O) groups excluding carboxylic acids is 1. The van der Waals surface area contributed by atoms with Crippen molar-refractivity contribution in [3.8, 4) is 0 Å². The van der Waals surface area contributed by atoms with E-state index in [-0.39, 0.29) is 23.7 Å². The van der Waals surface area contributed by atoms with E-state index >= 15 is 0 Å². The van der Waals surface area contributed by atoms with Crippen LogP contribution in [0.1, 0.15) is 37.9 Å². The largest absolute Gasteiger partial charge is 0.421 e. The normalized spacial score (nSPS) is 14.7. The van der Waals surface area contributed by atoms with Crippen LogP contribution in [0.4, 0.5) is 30.6 Å². The fourth-order valence-corrected chi connectivity index (χ4v) is 2.58. The van der Waals surface area contributed by atoms with Crippen molar-refractivity contribution in [2.24, 2.45) is 0 Å². The zero-order chi connectivity index (χ0) is 20.7. The lowest BCUT2D eigenvalue weighted by atomic mass is 10.1. The maximum absolute atomic E-state index is 13.2. The molecular formula is C17H22F3N7O. The Hall–Kier alpha value is -2.85. The van der Waals surface area contributed by atoms with Crippen molar-refractivity contribution in [2.45, 2.75) is 51.4 Å². The van der Waals surface area contributed by atoms with E-state index in [1.54, 1.807) is 27.0 Å². The van der Waals surface area contributed by atoms with Crippen LogP contribution < -0.4 is 16.0 Å². The quantitative estimate of drug-likeness (QED) is 0.694. The summed E-state index contributed by atoms with van der Waals surface area (Å²) in [6.45, 7) is 5.12. The summed E-state index contributed by atoms with van der Waals surface area (Å²) in [7, 11) is 1.53. The van der Waals surface area contributed by atoms with Gasteiger partial charge in [0.15, 0.2) is 0 Å². The number of amides is 1. The Kier molecular flexibility index (Phi) is 4.94. The highest BCUT2D eigenvalue weighted by atomic mass is 19.4. The predicted octanol–water partition coefficient (Wildman–Crippen LogP) is 2.80. The SMILES string of the molecule is CNC(=O)C(C)(C)n1cc(Nc2ncc(C(F)(F)F)c(NC3CC3)n2)c(C)n1. The Labute approximate surface area is 159 Å². The third kappa shape index (κ3) is 4.02. The van der Waals surface area contributed by atoms with E-state index in [9.17, 15) is 18.0 Å². The van der Waals surface area contributed by atoms with Crippen molar-refractivity contribution >= 4 is 23.4 Å². The number of halogens is 3. The first-order chi connectivity index (χ1) is 13.0. The van der Waals surface area contributed by atoms with E-state index in [1.165, 1.54) is 11.7 Å². The number of aromatic nitrogens is 4. The topological polar surface area (TPSA) is 96.8 Å². The van der Waals surface area contributed by atoms with Crippen LogP contribution in [-0.2, 0) is 16.5 Å². The number of hydrogen-bond acceptors (Lipinski definition) is 6. The molecule has 1 saturated carbocycles. The van der Waals surface area contributed by atoms with Gasteiger partial charge >= 0.3 is 6.18 Å². The fraction of sp³-hybridized carbons (Fsp3) is 0.529. The number of anilines is 3. The van der Waals surface area contributed by atoms with E-state index in [2.05, 4.69) is 31.0 Å². The minimum absolute atomic E-state index is 0.00157. The van der Waals surface area contributed by atoms with E-state index in [0.29, 0.717) is 11.4 Å². The first-order valence-corrected chi connectivity index (χ1v) is 8.79. The summed E-state index contributed by atoms with van der Waals surface area (Å²) in [6.07, 6.45) is -0.572. The molecule has 0 bridgehead atoms. The lowest BCUT2D eigenvalue weighted by Crippen LogP contribution is -2.43. The molecule has 3 N–H and O–H groups in total. The number of rotatable bonds is 6. The molecule has 1 fully saturated rings. The molecule has 0 saturated heterocycles. The summed E-state index contributed by atoms with van der Waals surface area (Å²) in [5.41, 5.74) is -0.802. The zero-order valence-corrected chi connectivity index (χ0v) is 16.0. The fourth-order valence-electron chi connectivity index (χ4n) is 2.58. The molecule has 2 heterocycles. The monoisotopic (exact) mass is 397 g/mol. The molecule has 0 atom stereocenters. The zero-order valence-electron chi connectivity index (χ0n) is 16.0. The van der Waals surface area contributed by atoms with Crippen molar-refractivity contribution < 1.29 is 18.0 Å². The van der Waals surface area contributed by atoms with Gasteiger partial charge in [-0.15, -0.1) is 0 Å². The third-order valence-electron chi connectivity index (χ3n) is 4.51. The number of aryl methyl sites for hydroxylation is 1. The molecular weight excluding hydrogens is 375 g/mol.